The smallest absolute Gasteiger partial charge is 0.253 e. The molecule has 8 nitrogen and oxygen atoms in total. The third kappa shape index (κ3) is 3.62. The van der Waals surface area contributed by atoms with Crippen molar-refractivity contribution in [3.8, 4) is 0 Å². The summed E-state index contributed by atoms with van der Waals surface area (Å²) in [7, 11) is 1.70. The van der Waals surface area contributed by atoms with E-state index in [4.69, 9.17) is 16.3 Å². The number of likely N-dealkylation sites (N-methyl/N-ethyl adjacent to an activating group) is 1. The number of benzene rings is 2. The van der Waals surface area contributed by atoms with Crippen molar-refractivity contribution in [1.29, 1.82) is 0 Å². The van der Waals surface area contributed by atoms with Crippen molar-refractivity contribution >= 4 is 35.0 Å². The molecule has 38 heavy (non-hydrogen) atoms. The van der Waals surface area contributed by atoms with Gasteiger partial charge in [-0.05, 0) is 29.8 Å². The second-order valence-electron chi connectivity index (χ2n) is 10.2. The van der Waals surface area contributed by atoms with Gasteiger partial charge in [0.1, 0.15) is 11.6 Å². The normalized spacial score (nSPS) is 31.1. The van der Waals surface area contributed by atoms with Crippen LogP contribution in [0.4, 0.5) is 5.69 Å². The van der Waals surface area contributed by atoms with Crippen LogP contribution in [0.5, 0.6) is 0 Å². The van der Waals surface area contributed by atoms with Crippen LogP contribution in [0.1, 0.15) is 11.6 Å². The number of hydrogen-bond acceptors (Lipinski definition) is 5. The van der Waals surface area contributed by atoms with Crippen molar-refractivity contribution in [3.05, 3.63) is 89.5 Å². The summed E-state index contributed by atoms with van der Waals surface area (Å²) in [5.74, 6) is -2.62. The molecule has 2 aromatic carbocycles. The summed E-state index contributed by atoms with van der Waals surface area (Å²) in [5, 5.41) is 11.1. The first-order valence-corrected chi connectivity index (χ1v) is 13.1. The molecule has 4 heterocycles. The minimum atomic E-state index is -1.37. The van der Waals surface area contributed by atoms with E-state index >= 15 is 0 Å². The van der Waals surface area contributed by atoms with Gasteiger partial charge in [-0.2, -0.15) is 0 Å². The molecular weight excluding hydrogens is 506 g/mol. The first-order chi connectivity index (χ1) is 18.4. The van der Waals surface area contributed by atoms with Crippen molar-refractivity contribution < 1.29 is 24.2 Å². The Hall–Kier alpha value is -3.46. The van der Waals surface area contributed by atoms with E-state index in [-0.39, 0.29) is 24.3 Å². The lowest BCUT2D eigenvalue weighted by atomic mass is 9.77. The van der Waals surface area contributed by atoms with Gasteiger partial charge in [-0.25, -0.2) is 0 Å². The molecule has 6 atom stereocenters. The monoisotopic (exact) mass is 533 g/mol. The number of carbonyl (C=O) groups excluding carboxylic acids is 3. The van der Waals surface area contributed by atoms with E-state index in [0.717, 1.165) is 0 Å². The van der Waals surface area contributed by atoms with Gasteiger partial charge in [0.15, 0.2) is 0 Å². The molecule has 0 saturated carbocycles. The first kappa shape index (κ1) is 24.9. The number of rotatable bonds is 4. The lowest BCUT2D eigenvalue weighted by molar-refractivity contribution is -0.146. The van der Waals surface area contributed by atoms with Gasteiger partial charge in [0, 0.05) is 30.8 Å². The van der Waals surface area contributed by atoms with Crippen LogP contribution in [-0.4, -0.2) is 77.1 Å². The molecule has 2 aromatic rings. The Bertz CT molecular complexity index is 1330. The number of aliphatic hydroxyl groups is 1. The highest BCUT2D eigenvalue weighted by molar-refractivity contribution is 6.30. The molecule has 1 N–H and O–H groups in total. The van der Waals surface area contributed by atoms with Crippen molar-refractivity contribution in [1.82, 2.24) is 9.80 Å². The molecule has 9 heteroatoms. The fraction of sp³-hybridized carbons (Fsp3) is 0.345. The largest absolute Gasteiger partial charge is 0.394 e. The second kappa shape index (κ2) is 9.38. The van der Waals surface area contributed by atoms with Crippen molar-refractivity contribution in [2.45, 2.75) is 23.8 Å². The third-order valence-electron chi connectivity index (χ3n) is 8.13. The van der Waals surface area contributed by atoms with Gasteiger partial charge in [-0.15, -0.1) is 0 Å². The van der Waals surface area contributed by atoms with Crippen molar-refractivity contribution in [2.75, 3.05) is 31.6 Å². The maximum atomic E-state index is 14.5. The predicted molar refractivity (Wildman–Crippen MR) is 141 cm³/mol. The zero-order chi connectivity index (χ0) is 26.6. The molecule has 1 unspecified atom stereocenters. The molecule has 0 aromatic heterocycles. The highest BCUT2D eigenvalue weighted by atomic mass is 35.5. The molecule has 1 spiro atoms. The van der Waals surface area contributed by atoms with Gasteiger partial charge >= 0.3 is 0 Å². The summed E-state index contributed by atoms with van der Waals surface area (Å²) in [6.45, 7) is 0.276. The molecule has 2 saturated heterocycles. The molecule has 0 radical (unpaired) electrons. The highest BCUT2D eigenvalue weighted by Crippen LogP contribution is 2.55. The fourth-order valence-corrected chi connectivity index (χ4v) is 6.55. The minimum absolute atomic E-state index is 0.198. The van der Waals surface area contributed by atoms with E-state index in [2.05, 4.69) is 0 Å². The summed E-state index contributed by atoms with van der Waals surface area (Å²) in [6, 6.07) is 14.2. The highest BCUT2D eigenvalue weighted by Gasteiger charge is 2.72. The second-order valence-corrected chi connectivity index (χ2v) is 10.6. The zero-order valence-corrected chi connectivity index (χ0v) is 21.6. The van der Waals surface area contributed by atoms with Crippen molar-refractivity contribution in [2.24, 2.45) is 11.8 Å². The van der Waals surface area contributed by atoms with Crippen LogP contribution in [0.2, 0.25) is 5.02 Å². The van der Waals surface area contributed by atoms with Gasteiger partial charge in [0.05, 0.1) is 30.6 Å². The van der Waals surface area contributed by atoms with Crippen LogP contribution >= 0.6 is 11.6 Å². The van der Waals surface area contributed by atoms with E-state index in [1.165, 1.54) is 4.90 Å². The lowest BCUT2D eigenvalue weighted by Gasteiger charge is -2.38. The molecule has 3 amide bonds. The number of amides is 3. The van der Waals surface area contributed by atoms with E-state index in [0.29, 0.717) is 22.8 Å². The first-order valence-electron chi connectivity index (χ1n) is 12.7. The summed E-state index contributed by atoms with van der Waals surface area (Å²) in [6.07, 6.45) is 6.67. The fourth-order valence-electron chi connectivity index (χ4n) is 6.42. The number of halogens is 1. The Kier molecular flexibility index (Phi) is 6.13. The molecule has 0 bridgehead atoms. The topological polar surface area (TPSA) is 90.4 Å². The lowest BCUT2D eigenvalue weighted by Crippen LogP contribution is -2.56. The predicted octanol–water partition coefficient (Wildman–Crippen LogP) is 2.59. The standard InChI is InChI=1S/C29H28ClN3O5/c1-31-15-5-9-22-23(26(31)35)24-27(36)33(21(17-34)18-7-3-2-4-8-18)25-28(37)32(16-6-14-29(24,25)38-22)20-12-10-19(30)11-13-20/h2-14,21-25,34H,15-17H2,1H3/t21-,22+,23-,24+,25?,29+/m1/s1. The number of nitrogens with zero attached hydrogens (tertiary/aromatic N) is 3. The summed E-state index contributed by atoms with van der Waals surface area (Å²) in [5.41, 5.74) is -0.0520. The number of carbonyl (C=O) groups is 3. The number of hydrogen-bond donors (Lipinski definition) is 1. The van der Waals surface area contributed by atoms with Gasteiger partial charge in [0.2, 0.25) is 11.8 Å². The number of ether oxygens (including phenoxy) is 1. The Morgan fingerprint density at radius 3 is 2.45 bits per heavy atom. The SMILES string of the molecule is CN1CC=C[C@@H]2O[C@]34C=CCN(c5ccc(Cl)cc5)C(=O)C3N([C@H](CO)c3ccccc3)C(=O)[C@@H]4[C@@H]2C1=O. The Labute approximate surface area is 225 Å². The van der Waals surface area contributed by atoms with Crippen LogP contribution in [0.3, 0.4) is 0 Å². The van der Waals surface area contributed by atoms with Crippen molar-refractivity contribution in [3.63, 3.8) is 0 Å². The maximum Gasteiger partial charge on any atom is 0.253 e. The molecule has 0 aliphatic carbocycles. The molecule has 4 aliphatic rings. The average molecular weight is 534 g/mol. The number of fused-ring (bicyclic) bond motifs is 2. The Balaban J connectivity index is 1.52. The molecule has 2 fully saturated rings. The van der Waals surface area contributed by atoms with Crippen LogP contribution < -0.4 is 4.90 Å². The van der Waals surface area contributed by atoms with Gasteiger partial charge in [-0.3, -0.25) is 14.4 Å². The summed E-state index contributed by atoms with van der Waals surface area (Å²) in [4.78, 5) is 47.0. The van der Waals surface area contributed by atoms with Crippen LogP contribution in [-0.2, 0) is 19.1 Å². The average Bonchev–Trinajstić information content (AvgIpc) is 3.25. The van der Waals surface area contributed by atoms with Gasteiger partial charge < -0.3 is 24.5 Å². The molecular formula is C29H28ClN3O5. The number of likely N-dealkylation sites (tertiary alicyclic amines) is 1. The third-order valence-corrected chi connectivity index (χ3v) is 8.38. The van der Waals surface area contributed by atoms with E-state index in [1.807, 2.05) is 48.6 Å². The van der Waals surface area contributed by atoms with Gasteiger partial charge in [-0.1, -0.05) is 66.2 Å². The Morgan fingerprint density at radius 2 is 1.74 bits per heavy atom. The zero-order valence-electron chi connectivity index (χ0n) is 20.8. The molecule has 6 rings (SSSR count). The summed E-state index contributed by atoms with van der Waals surface area (Å²) >= 11 is 6.10. The van der Waals surface area contributed by atoms with E-state index in [1.54, 1.807) is 47.2 Å². The maximum absolute atomic E-state index is 14.5. The van der Waals surface area contributed by atoms with Crippen LogP contribution in [0, 0.1) is 11.8 Å². The number of aliphatic hydroxyl groups excluding tert-OH is 1. The van der Waals surface area contributed by atoms with E-state index in [9.17, 15) is 19.5 Å². The van der Waals surface area contributed by atoms with Crippen LogP contribution in [0.15, 0.2) is 78.9 Å². The minimum Gasteiger partial charge on any atom is -0.394 e. The van der Waals surface area contributed by atoms with Gasteiger partial charge in [0.25, 0.3) is 5.91 Å². The quantitative estimate of drug-likeness (QED) is 0.610. The van der Waals surface area contributed by atoms with E-state index < -0.39 is 42.2 Å². The molecule has 4 aliphatic heterocycles. The molecule has 196 valence electrons. The Morgan fingerprint density at radius 1 is 1.00 bits per heavy atom. The summed E-state index contributed by atoms with van der Waals surface area (Å²) < 4.78 is 6.63. The number of anilines is 1. The van der Waals surface area contributed by atoms with Crippen LogP contribution in [0.25, 0.3) is 0 Å².